The average molecular weight is 535 g/mol. The fourth-order valence-corrected chi connectivity index (χ4v) is 5.11. The Morgan fingerprint density at radius 3 is 2.51 bits per heavy atom. The van der Waals surface area contributed by atoms with Gasteiger partial charge in [-0.2, -0.15) is 0 Å². The molecular weight excluding hydrogens is 492 g/mol. The molecule has 0 saturated heterocycles. The van der Waals surface area contributed by atoms with Crippen LogP contribution in [0, 0.1) is 19.8 Å². The van der Waals surface area contributed by atoms with Gasteiger partial charge in [0.25, 0.3) is 0 Å². The highest BCUT2D eigenvalue weighted by atomic mass is 16.5. The normalized spacial score (nSPS) is 24.1. The van der Waals surface area contributed by atoms with E-state index in [9.17, 15) is 14.4 Å². The summed E-state index contributed by atoms with van der Waals surface area (Å²) < 4.78 is 6.07. The Labute approximate surface area is 231 Å². The summed E-state index contributed by atoms with van der Waals surface area (Å²) in [5.74, 6) is 0.399. The molecule has 3 amide bonds. The number of amides is 3. The quantitative estimate of drug-likeness (QED) is 0.562. The van der Waals surface area contributed by atoms with E-state index in [0.717, 1.165) is 53.7 Å². The van der Waals surface area contributed by atoms with Crippen LogP contribution in [0.2, 0.25) is 0 Å². The van der Waals surface area contributed by atoms with Crippen molar-refractivity contribution < 1.29 is 19.1 Å². The van der Waals surface area contributed by atoms with Crippen LogP contribution in [0.4, 0.5) is 0 Å². The van der Waals surface area contributed by atoms with Gasteiger partial charge in [-0.3, -0.25) is 14.4 Å². The van der Waals surface area contributed by atoms with Gasteiger partial charge >= 0.3 is 0 Å². The molecule has 8 nitrogen and oxygen atoms in total. The van der Waals surface area contributed by atoms with Crippen LogP contribution in [-0.2, 0) is 27.2 Å². The molecule has 210 valence electrons. The van der Waals surface area contributed by atoms with Crippen LogP contribution in [0.25, 0.3) is 0 Å². The van der Waals surface area contributed by atoms with Crippen molar-refractivity contribution in [2.24, 2.45) is 5.92 Å². The highest BCUT2D eigenvalue weighted by Crippen LogP contribution is 2.33. The van der Waals surface area contributed by atoms with Crippen LogP contribution >= 0.6 is 0 Å². The molecular formula is C31H42N4O4. The maximum Gasteiger partial charge on any atom is 0.243 e. The second-order valence-electron chi connectivity index (χ2n) is 10.9. The topological polar surface area (TPSA) is 99.8 Å². The number of ether oxygens (including phenoxy) is 1. The number of nitrogens with one attached hydrogen (secondary N) is 3. The van der Waals surface area contributed by atoms with Gasteiger partial charge in [-0.15, -0.1) is 0 Å². The van der Waals surface area contributed by atoms with Crippen molar-refractivity contribution >= 4 is 17.7 Å². The van der Waals surface area contributed by atoms with E-state index in [0.29, 0.717) is 26.1 Å². The number of carbonyl (C=O) groups is 3. The van der Waals surface area contributed by atoms with E-state index >= 15 is 0 Å². The second kappa shape index (κ2) is 13.1. The molecule has 0 radical (unpaired) electrons. The largest absolute Gasteiger partial charge is 0.492 e. The lowest BCUT2D eigenvalue weighted by atomic mass is 9.98. The molecule has 1 aliphatic heterocycles. The minimum absolute atomic E-state index is 0.114. The zero-order chi connectivity index (χ0) is 27.9. The maximum atomic E-state index is 13.5. The summed E-state index contributed by atoms with van der Waals surface area (Å²) in [6.07, 6.45) is 3.84. The number of benzene rings is 2. The zero-order valence-corrected chi connectivity index (χ0v) is 23.6. The van der Waals surface area contributed by atoms with Crippen LogP contribution in [-0.4, -0.2) is 67.5 Å². The summed E-state index contributed by atoms with van der Waals surface area (Å²) in [6.45, 7) is 7.20. The number of para-hydroxylation sites is 1. The monoisotopic (exact) mass is 534 g/mol. The Morgan fingerprint density at radius 2 is 1.77 bits per heavy atom. The molecule has 39 heavy (non-hydrogen) atoms. The molecule has 3 atom stereocenters. The van der Waals surface area contributed by atoms with E-state index < -0.39 is 12.1 Å². The van der Waals surface area contributed by atoms with Crippen LogP contribution in [0.15, 0.2) is 42.5 Å². The Balaban J connectivity index is 1.56. The molecule has 0 unspecified atom stereocenters. The zero-order valence-electron chi connectivity index (χ0n) is 23.6. The molecule has 1 aliphatic carbocycles. The third kappa shape index (κ3) is 7.60. The van der Waals surface area contributed by atoms with E-state index in [1.807, 2.05) is 50.2 Å². The van der Waals surface area contributed by atoms with Gasteiger partial charge in [0, 0.05) is 26.6 Å². The van der Waals surface area contributed by atoms with Crippen molar-refractivity contribution in [3.05, 3.63) is 64.7 Å². The Hall–Kier alpha value is -3.39. The molecule has 1 fully saturated rings. The van der Waals surface area contributed by atoms with Gasteiger partial charge < -0.3 is 25.6 Å². The van der Waals surface area contributed by atoms with Crippen LogP contribution in [0.5, 0.6) is 5.75 Å². The lowest BCUT2D eigenvalue weighted by Crippen LogP contribution is -2.56. The first-order valence-electron chi connectivity index (χ1n) is 14.1. The molecule has 0 bridgehead atoms. The van der Waals surface area contributed by atoms with Gasteiger partial charge in [0.2, 0.25) is 17.7 Å². The summed E-state index contributed by atoms with van der Waals surface area (Å²) in [5.41, 5.74) is 4.30. The van der Waals surface area contributed by atoms with Crippen LogP contribution in [0.1, 0.15) is 48.4 Å². The minimum Gasteiger partial charge on any atom is -0.492 e. The highest BCUT2D eigenvalue weighted by molar-refractivity contribution is 5.93. The standard InChI is InChI=1S/C31H42N4O4/c1-20-11-12-25(21(2)18-20)19-26-30(37)33-15-7-9-23-8-5-6-10-27(23)39-17-16-32-28(24-13-14-24)31(38)35(4)22(3)29(36)34-26/h5-6,8,10-12,18,22,24,26,28,32H,7,9,13-17,19H2,1-4H3,(H,33,37)(H,34,36)/t22-,26-,28+/m1/s1. The number of fused-ring (bicyclic) bond motifs is 1. The van der Waals surface area contributed by atoms with Crippen LogP contribution < -0.4 is 20.7 Å². The van der Waals surface area contributed by atoms with Gasteiger partial charge in [0.15, 0.2) is 0 Å². The molecule has 2 aromatic rings. The van der Waals surface area contributed by atoms with E-state index in [4.69, 9.17) is 4.74 Å². The summed E-state index contributed by atoms with van der Waals surface area (Å²) in [7, 11) is 1.66. The fraction of sp³-hybridized carbons (Fsp3) is 0.516. The number of carbonyl (C=O) groups excluding carboxylic acids is 3. The SMILES string of the molecule is Cc1ccc(C[C@H]2NC(=O)[C@@H](C)N(C)C(=O)[C@H](C3CC3)NCCOc3ccccc3CCCNC2=O)c(C)c1. The fourth-order valence-electron chi connectivity index (χ4n) is 5.11. The van der Waals surface area contributed by atoms with Gasteiger partial charge in [-0.05, 0) is 75.1 Å². The van der Waals surface area contributed by atoms with Crippen LogP contribution in [0.3, 0.4) is 0 Å². The summed E-state index contributed by atoms with van der Waals surface area (Å²) in [4.78, 5) is 41.6. The number of aryl methyl sites for hydroxylation is 3. The summed E-state index contributed by atoms with van der Waals surface area (Å²) >= 11 is 0. The number of hydrogen-bond acceptors (Lipinski definition) is 5. The lowest BCUT2D eigenvalue weighted by Gasteiger charge is -2.30. The molecule has 0 spiro atoms. The average Bonchev–Trinajstić information content (AvgIpc) is 3.76. The molecule has 2 aliphatic rings. The maximum absolute atomic E-state index is 13.5. The van der Waals surface area contributed by atoms with Gasteiger partial charge in [0.1, 0.15) is 24.4 Å². The molecule has 8 heteroatoms. The van der Waals surface area contributed by atoms with Crippen molar-refractivity contribution in [1.29, 1.82) is 0 Å². The molecule has 0 aromatic heterocycles. The predicted molar refractivity (Wildman–Crippen MR) is 152 cm³/mol. The number of nitrogens with zero attached hydrogens (tertiary/aromatic N) is 1. The van der Waals surface area contributed by atoms with Crippen molar-refractivity contribution in [2.75, 3.05) is 26.7 Å². The Morgan fingerprint density at radius 1 is 1.00 bits per heavy atom. The van der Waals surface area contributed by atoms with Crippen molar-refractivity contribution in [3.63, 3.8) is 0 Å². The first-order chi connectivity index (χ1) is 18.7. The highest BCUT2D eigenvalue weighted by Gasteiger charge is 2.39. The van der Waals surface area contributed by atoms with Crippen molar-refractivity contribution in [3.8, 4) is 5.75 Å². The first kappa shape index (κ1) is 28.6. The Kier molecular flexibility index (Phi) is 9.62. The van der Waals surface area contributed by atoms with E-state index in [2.05, 4.69) is 22.0 Å². The van der Waals surface area contributed by atoms with E-state index in [1.165, 1.54) is 4.90 Å². The lowest BCUT2D eigenvalue weighted by molar-refractivity contribution is -0.141. The molecule has 1 heterocycles. The number of hydrogen-bond donors (Lipinski definition) is 3. The first-order valence-corrected chi connectivity index (χ1v) is 14.1. The van der Waals surface area contributed by atoms with Crippen molar-refractivity contribution in [1.82, 2.24) is 20.9 Å². The van der Waals surface area contributed by atoms with Gasteiger partial charge in [-0.1, -0.05) is 42.0 Å². The number of likely N-dealkylation sites (N-methyl/N-ethyl adjacent to an activating group) is 1. The number of rotatable bonds is 3. The molecule has 1 saturated carbocycles. The summed E-state index contributed by atoms with van der Waals surface area (Å²) in [6, 6.07) is 12.2. The van der Waals surface area contributed by atoms with E-state index in [-0.39, 0.29) is 29.7 Å². The molecule has 4 rings (SSSR count). The third-order valence-corrected chi connectivity index (χ3v) is 7.84. The third-order valence-electron chi connectivity index (χ3n) is 7.84. The van der Waals surface area contributed by atoms with Gasteiger partial charge in [0.05, 0.1) is 6.04 Å². The van der Waals surface area contributed by atoms with Crippen molar-refractivity contribution in [2.45, 2.75) is 71.0 Å². The minimum atomic E-state index is -0.753. The second-order valence-corrected chi connectivity index (χ2v) is 10.9. The molecule has 2 aromatic carbocycles. The van der Waals surface area contributed by atoms with E-state index in [1.54, 1.807) is 14.0 Å². The van der Waals surface area contributed by atoms with Gasteiger partial charge in [-0.25, -0.2) is 0 Å². The smallest absolute Gasteiger partial charge is 0.243 e. The molecule has 3 N–H and O–H groups in total. The Bertz CT molecular complexity index is 1180. The predicted octanol–water partition coefficient (Wildman–Crippen LogP) is 2.69. The summed E-state index contributed by atoms with van der Waals surface area (Å²) in [5, 5.41) is 9.35.